The van der Waals surface area contributed by atoms with Crippen LogP contribution in [0, 0.1) is 53.3 Å². The third-order valence-corrected chi connectivity index (χ3v) is 32.4. The van der Waals surface area contributed by atoms with Gasteiger partial charge < -0.3 is 58.3 Å². The normalized spacial score (nSPS) is 20.6. The van der Waals surface area contributed by atoms with E-state index in [0.29, 0.717) is 36.2 Å². The maximum Gasteiger partial charge on any atom is 0.333 e. The molecule has 20 atom stereocenters. The van der Waals surface area contributed by atoms with Gasteiger partial charge in [-0.1, -0.05) is 583 Å². The van der Waals surface area contributed by atoms with Gasteiger partial charge in [0, 0.05) is 23.1 Å². The minimum atomic E-state index is -1.98. The maximum absolute atomic E-state index is 15.1. The van der Waals surface area contributed by atoms with Crippen molar-refractivity contribution in [1.82, 2.24) is 0 Å². The number of aliphatic hydroxyl groups is 4. The van der Waals surface area contributed by atoms with E-state index in [4.69, 9.17) is 37.9 Å². The molecule has 0 amide bonds. The van der Waals surface area contributed by atoms with E-state index in [1.54, 1.807) is 27.7 Å². The van der Waals surface area contributed by atoms with Gasteiger partial charge in [0.05, 0.1) is 18.6 Å². The Hall–Kier alpha value is -3.71. The zero-order chi connectivity index (χ0) is 108. The zero-order valence-electron chi connectivity index (χ0n) is 99.4. The number of hydrogen-bond acceptors (Lipinski definition) is 17. The highest BCUT2D eigenvalue weighted by molar-refractivity contribution is 5.89. The molecule has 0 aromatic rings. The summed E-state index contributed by atoms with van der Waals surface area (Å²) < 4.78 is 52.1. The summed E-state index contributed by atoms with van der Waals surface area (Å²) in [5.74, 6) is -3.98. The van der Waals surface area contributed by atoms with Gasteiger partial charge in [0.25, 0.3) is 0 Å². The van der Waals surface area contributed by atoms with Crippen LogP contribution in [0.15, 0.2) is 34.9 Å². The summed E-state index contributed by atoms with van der Waals surface area (Å²) in [7, 11) is 0. The Balaban J connectivity index is 2.71. The topological polar surface area (TPSA) is 240 Å². The monoisotopic (exact) mass is 2080 g/mol. The molecule has 4 unspecified atom stereocenters. The van der Waals surface area contributed by atoms with Crippen LogP contribution in [-0.2, 0) is 61.9 Å². The van der Waals surface area contributed by atoms with Crippen molar-refractivity contribution in [3.05, 3.63) is 34.9 Å². The fourth-order valence-corrected chi connectivity index (χ4v) is 23.0. The van der Waals surface area contributed by atoms with E-state index in [-0.39, 0.29) is 47.2 Å². The van der Waals surface area contributed by atoms with Crippen LogP contribution < -0.4 is 0 Å². The Morgan fingerprint density at radius 1 is 0.286 bits per heavy atom. The number of ether oxygens (including phenoxy) is 8. The number of unbranched alkanes of at least 4 members (excludes halogenated alkanes) is 66. The SMILES string of the molecule is CCCCCCCCCCCCCCCCCC[C@H](C)C[C@H](C)[C@H](O)[C@H](C)C(=O)O[C@@H]1C(CO)O[C@H](O[C@H]2OC(COC(=O)/C(C)=C/[C@@H](C)C[C@@H](C)CCCCCCCCCCCCCCCC)[C@@H](O)C(OC(=O)/C(C)=C/[C@@H](C)C[C@@H](C)CCCCCCCCCCCCCCCC)[C@H]2OC(=O)CCCCCCCCCCCCCCC)[C@@H](OC(=O)/C(C)=C/[C@@H](C)C[C@@H](C)CCCCCCCCCCCCCCCC)C1O. The number of esters is 5. The molecule has 0 aromatic heterocycles. The smallest absolute Gasteiger partial charge is 0.333 e. The van der Waals surface area contributed by atoms with Gasteiger partial charge in [0.1, 0.15) is 31.0 Å². The maximum atomic E-state index is 15.1. The van der Waals surface area contributed by atoms with Crippen molar-refractivity contribution in [3.8, 4) is 0 Å². The average molecular weight is 2080 g/mol. The molecule has 0 saturated carbocycles. The number of hydrogen-bond donors (Lipinski definition) is 4. The predicted octanol–water partition coefficient (Wildman–Crippen LogP) is 36.6. The van der Waals surface area contributed by atoms with Gasteiger partial charge in [-0.2, -0.15) is 0 Å². The third kappa shape index (κ3) is 72.7. The summed E-state index contributed by atoms with van der Waals surface area (Å²) in [6.07, 6.45) is 83.5. The van der Waals surface area contributed by atoms with E-state index < -0.39 is 116 Å². The highest BCUT2D eigenvalue weighted by Gasteiger charge is 2.56. The first-order valence-electron chi connectivity index (χ1n) is 63.8. The van der Waals surface area contributed by atoms with Crippen molar-refractivity contribution in [1.29, 1.82) is 0 Å². The number of carbonyl (C=O) groups is 5. The molecule has 2 saturated heterocycles. The van der Waals surface area contributed by atoms with Crippen LogP contribution in [0.2, 0.25) is 0 Å². The molecular formula is C130H242O17. The molecule has 4 N–H and O–H groups in total. The highest BCUT2D eigenvalue weighted by Crippen LogP contribution is 2.38. The van der Waals surface area contributed by atoms with Crippen LogP contribution in [0.5, 0.6) is 0 Å². The van der Waals surface area contributed by atoms with Gasteiger partial charge in [-0.05, 0) is 107 Å². The van der Waals surface area contributed by atoms with E-state index in [1.807, 2.05) is 25.2 Å². The van der Waals surface area contributed by atoms with Crippen molar-refractivity contribution in [2.75, 3.05) is 13.2 Å². The van der Waals surface area contributed by atoms with Crippen LogP contribution in [0.1, 0.15) is 631 Å². The Morgan fingerprint density at radius 2 is 0.537 bits per heavy atom. The zero-order valence-corrected chi connectivity index (χ0v) is 99.4. The Morgan fingerprint density at radius 3 is 0.830 bits per heavy atom. The van der Waals surface area contributed by atoms with E-state index in [2.05, 4.69) is 83.1 Å². The van der Waals surface area contributed by atoms with Crippen LogP contribution in [0.4, 0.5) is 0 Å². The second kappa shape index (κ2) is 94.6. The molecule has 147 heavy (non-hydrogen) atoms. The molecule has 2 aliphatic rings. The fourth-order valence-electron chi connectivity index (χ4n) is 23.0. The Kier molecular flexibility index (Phi) is 89.7. The van der Waals surface area contributed by atoms with Crippen molar-refractivity contribution in [3.63, 3.8) is 0 Å². The largest absolute Gasteiger partial charge is 0.459 e. The molecule has 2 aliphatic heterocycles. The molecule has 17 heteroatoms. The minimum Gasteiger partial charge on any atom is -0.459 e. The molecule has 0 radical (unpaired) electrons. The first-order chi connectivity index (χ1) is 71.2. The van der Waals surface area contributed by atoms with Crippen molar-refractivity contribution < 1.29 is 82.3 Å². The molecule has 2 heterocycles. The molecule has 0 bridgehead atoms. The quantitative estimate of drug-likeness (QED) is 0.0192. The van der Waals surface area contributed by atoms with Crippen molar-refractivity contribution >= 4 is 29.8 Å². The molecule has 864 valence electrons. The first-order valence-corrected chi connectivity index (χ1v) is 63.8. The van der Waals surface area contributed by atoms with Crippen LogP contribution >= 0.6 is 0 Å². The van der Waals surface area contributed by atoms with E-state index in [9.17, 15) is 34.8 Å². The highest BCUT2D eigenvalue weighted by atomic mass is 16.8. The first kappa shape index (κ1) is 139. The molecule has 2 rings (SSSR count). The Labute approximate surface area is 907 Å². The lowest BCUT2D eigenvalue weighted by atomic mass is 9.85. The number of allylic oxidation sites excluding steroid dienone is 3. The molecule has 0 aromatic carbocycles. The third-order valence-electron chi connectivity index (χ3n) is 32.4. The standard InChI is InChI=1S/C130H242O17/c1-18-23-28-33-38-43-48-53-57-58-63-67-72-77-82-87-92-106(9)97-110(13)118(133)114(17)128(139)144-121-115(101-131)141-129(123(120(121)135)146-127(138)113(16)100-109(12)96-105(8)91-86-81-76-71-66-62-56-51-46-41-36-31-26-21-4)147-130-124(143-117(132)93-88-83-78-73-68-59-52-47-42-37-32-27-22-5)122(145-126(137)112(15)99-108(11)95-104(7)90-85-80-75-70-65-61-55-50-45-40-35-30-25-20-3)119(134)116(142-130)102-140-125(136)111(14)98-107(10)94-103(6)89-84-79-74-69-64-60-54-49-44-39-34-29-24-19-2/h98-100,103-110,114-116,118-124,129-131,133-135H,18-97,101-102H2,1-17H3/b111-98+,112-99+,113-100+/t103-,104-,105-,106-,107-,108-,109-,110-,114-,115?,116?,118-,119+,120?,121+,122?,123-,124+,129+,130+/m0/s1. The second-order valence-corrected chi connectivity index (χ2v) is 47.9. The van der Waals surface area contributed by atoms with Gasteiger partial charge in [-0.3, -0.25) is 9.59 Å². The molecule has 0 spiro atoms. The van der Waals surface area contributed by atoms with E-state index >= 15 is 9.59 Å². The molecular weight excluding hydrogens is 1830 g/mol. The lowest BCUT2D eigenvalue weighted by molar-refractivity contribution is -0.377. The summed E-state index contributed by atoms with van der Waals surface area (Å²) in [5, 5.41) is 49.6. The van der Waals surface area contributed by atoms with Crippen LogP contribution in [-0.4, -0.2) is 131 Å². The molecule has 17 nitrogen and oxygen atoms in total. The van der Waals surface area contributed by atoms with Crippen LogP contribution in [0.25, 0.3) is 0 Å². The second-order valence-electron chi connectivity index (χ2n) is 47.9. The van der Waals surface area contributed by atoms with Gasteiger partial charge in [-0.25, -0.2) is 14.4 Å². The number of rotatable bonds is 102. The molecule has 0 aliphatic carbocycles. The number of carbonyl (C=O) groups excluding carboxylic acids is 5. The summed E-state index contributed by atoms with van der Waals surface area (Å²) in [6, 6.07) is 0. The van der Waals surface area contributed by atoms with Crippen LogP contribution in [0.3, 0.4) is 0 Å². The number of aliphatic hydroxyl groups excluding tert-OH is 4. The van der Waals surface area contributed by atoms with Crippen molar-refractivity contribution in [2.45, 2.75) is 699 Å². The van der Waals surface area contributed by atoms with E-state index in [0.717, 1.165) is 109 Å². The average Bonchev–Trinajstić information content (AvgIpc) is 0.767. The van der Waals surface area contributed by atoms with Gasteiger partial charge in [0.2, 0.25) is 12.6 Å². The summed E-state index contributed by atoms with van der Waals surface area (Å²) >= 11 is 0. The fraction of sp³-hybridized carbons (Fsp3) is 0.915. The predicted molar refractivity (Wildman–Crippen MR) is 615 cm³/mol. The lowest BCUT2D eigenvalue weighted by Gasteiger charge is -2.47. The van der Waals surface area contributed by atoms with Gasteiger partial charge in [-0.15, -0.1) is 0 Å². The van der Waals surface area contributed by atoms with Crippen molar-refractivity contribution in [2.24, 2.45) is 53.3 Å². The van der Waals surface area contributed by atoms with Gasteiger partial charge >= 0.3 is 29.8 Å². The Bertz CT molecular complexity index is 3170. The summed E-state index contributed by atoms with van der Waals surface area (Å²) in [4.78, 5) is 74.2. The van der Waals surface area contributed by atoms with Gasteiger partial charge in [0.15, 0.2) is 24.4 Å². The molecule has 2 fully saturated rings. The minimum absolute atomic E-state index is 0.0306. The summed E-state index contributed by atoms with van der Waals surface area (Å²) in [6.45, 7) is 33.7. The summed E-state index contributed by atoms with van der Waals surface area (Å²) in [5.41, 5.74) is 0.835. The van der Waals surface area contributed by atoms with E-state index in [1.165, 1.54) is 385 Å². The lowest BCUT2D eigenvalue weighted by Crippen LogP contribution is -2.66.